The molecule has 0 amide bonds. The van der Waals surface area contributed by atoms with Gasteiger partial charge in [0.05, 0.1) is 0 Å². The van der Waals surface area contributed by atoms with Gasteiger partial charge in [-0.15, -0.1) is 0 Å². The zero-order valence-electron chi connectivity index (χ0n) is 44.0. The van der Waals surface area contributed by atoms with E-state index in [1.807, 2.05) is 0 Å². The number of carbonyl (C=O) groups is 3. The van der Waals surface area contributed by atoms with E-state index in [1.54, 1.807) is 0 Å². The van der Waals surface area contributed by atoms with E-state index in [1.165, 1.54) is 25.7 Å². The molecule has 0 spiro atoms. The van der Waals surface area contributed by atoms with Gasteiger partial charge in [0.2, 0.25) is 0 Å². The maximum absolute atomic E-state index is 12.8. The summed E-state index contributed by atoms with van der Waals surface area (Å²) in [4.78, 5) is 38.1. The Kier molecular flexibility index (Phi) is 52.1. The van der Waals surface area contributed by atoms with Crippen molar-refractivity contribution in [1.82, 2.24) is 0 Å². The second-order valence-electron chi connectivity index (χ2n) is 17.4. The van der Waals surface area contributed by atoms with Crippen molar-refractivity contribution in [3.8, 4) is 0 Å². The number of ether oxygens (including phenoxy) is 3. The van der Waals surface area contributed by atoms with Crippen molar-refractivity contribution in [3.63, 3.8) is 0 Å². The third kappa shape index (κ3) is 54.1. The van der Waals surface area contributed by atoms with Crippen LogP contribution >= 0.6 is 0 Å². The van der Waals surface area contributed by atoms with E-state index < -0.39 is 6.10 Å². The van der Waals surface area contributed by atoms with Gasteiger partial charge in [-0.3, -0.25) is 14.4 Å². The van der Waals surface area contributed by atoms with Crippen molar-refractivity contribution in [2.75, 3.05) is 13.2 Å². The van der Waals surface area contributed by atoms with Gasteiger partial charge in [-0.2, -0.15) is 0 Å². The smallest absolute Gasteiger partial charge is 0.306 e. The SMILES string of the molecule is CC/C=C\C/C=C\C/C=C\C/C=C\C/C=C\CCCCCC(=O)OC[C@H](COC(=O)CCCCCCC/C=C\C/C=C\CCCCC)OC(=O)CCC/C=C\C/C=C\C/C=C\C/C=C\C/C=C\CC. The predicted octanol–water partition coefficient (Wildman–Crippen LogP) is 18.4. The van der Waals surface area contributed by atoms with E-state index in [-0.39, 0.29) is 37.5 Å². The molecule has 6 nitrogen and oxygen atoms in total. The highest BCUT2D eigenvalue weighted by Gasteiger charge is 2.19. The summed E-state index contributed by atoms with van der Waals surface area (Å²) in [5.74, 6) is -1.04. The normalized spacial score (nSPS) is 13.3. The minimum absolute atomic E-state index is 0.125. The molecule has 0 aliphatic heterocycles. The van der Waals surface area contributed by atoms with Crippen molar-refractivity contribution in [2.45, 2.75) is 219 Å². The van der Waals surface area contributed by atoms with Gasteiger partial charge in [0.25, 0.3) is 0 Å². The molecular formula is C63H98O6. The summed E-state index contributed by atoms with van der Waals surface area (Å²) in [5.41, 5.74) is 0. The first-order valence-corrected chi connectivity index (χ1v) is 27.3. The number of esters is 3. The predicted molar refractivity (Wildman–Crippen MR) is 297 cm³/mol. The molecule has 0 heterocycles. The number of rotatable bonds is 47. The molecule has 69 heavy (non-hydrogen) atoms. The number of unbranched alkanes of at least 4 members (excludes halogenated alkanes) is 12. The fourth-order valence-corrected chi connectivity index (χ4v) is 6.77. The monoisotopic (exact) mass is 951 g/mol. The van der Waals surface area contributed by atoms with Gasteiger partial charge in [-0.05, 0) is 135 Å². The van der Waals surface area contributed by atoms with Crippen molar-refractivity contribution in [1.29, 1.82) is 0 Å². The van der Waals surface area contributed by atoms with Gasteiger partial charge in [0, 0.05) is 19.3 Å². The van der Waals surface area contributed by atoms with E-state index in [4.69, 9.17) is 14.2 Å². The summed E-state index contributed by atoms with van der Waals surface area (Å²) in [6, 6.07) is 0. The van der Waals surface area contributed by atoms with E-state index in [9.17, 15) is 14.4 Å². The molecule has 0 radical (unpaired) electrons. The molecule has 0 fully saturated rings. The summed E-state index contributed by atoms with van der Waals surface area (Å²) in [7, 11) is 0. The second kappa shape index (κ2) is 55.9. The Morgan fingerprint density at radius 3 is 0.942 bits per heavy atom. The van der Waals surface area contributed by atoms with Gasteiger partial charge in [-0.25, -0.2) is 0 Å². The van der Waals surface area contributed by atoms with Crippen molar-refractivity contribution in [3.05, 3.63) is 146 Å². The Hall–Kier alpha value is -4.71. The molecule has 0 bridgehead atoms. The molecular weight excluding hydrogens is 853 g/mol. The molecule has 386 valence electrons. The first-order chi connectivity index (χ1) is 34.0. The molecule has 0 aliphatic rings. The van der Waals surface area contributed by atoms with Crippen LogP contribution in [0.25, 0.3) is 0 Å². The van der Waals surface area contributed by atoms with Crippen LogP contribution in [0.4, 0.5) is 0 Å². The van der Waals surface area contributed by atoms with Gasteiger partial charge in [-0.1, -0.05) is 205 Å². The lowest BCUT2D eigenvalue weighted by Gasteiger charge is -2.18. The van der Waals surface area contributed by atoms with E-state index in [0.29, 0.717) is 19.3 Å². The number of hydrogen-bond donors (Lipinski definition) is 0. The molecule has 1 atom stereocenters. The van der Waals surface area contributed by atoms with Gasteiger partial charge < -0.3 is 14.2 Å². The summed E-state index contributed by atoms with van der Waals surface area (Å²) in [5, 5.41) is 0. The van der Waals surface area contributed by atoms with E-state index in [0.717, 1.165) is 141 Å². The summed E-state index contributed by atoms with van der Waals surface area (Å²) in [6.45, 7) is 6.28. The summed E-state index contributed by atoms with van der Waals surface area (Å²) < 4.78 is 16.7. The quantitative estimate of drug-likeness (QED) is 0.0262. The van der Waals surface area contributed by atoms with Gasteiger partial charge >= 0.3 is 17.9 Å². The van der Waals surface area contributed by atoms with E-state index >= 15 is 0 Å². The Morgan fingerprint density at radius 2 is 0.580 bits per heavy atom. The molecule has 0 aromatic heterocycles. The molecule has 0 unspecified atom stereocenters. The van der Waals surface area contributed by atoms with Crippen molar-refractivity contribution >= 4 is 17.9 Å². The topological polar surface area (TPSA) is 78.9 Å². The minimum atomic E-state index is -0.834. The molecule has 0 aromatic rings. The molecule has 0 aromatic carbocycles. The fraction of sp³-hybridized carbons (Fsp3) is 0.571. The molecule has 0 aliphatic carbocycles. The average molecular weight is 951 g/mol. The van der Waals surface area contributed by atoms with Crippen LogP contribution in [0.1, 0.15) is 213 Å². The highest BCUT2D eigenvalue weighted by atomic mass is 16.6. The lowest BCUT2D eigenvalue weighted by Crippen LogP contribution is -2.30. The first kappa shape index (κ1) is 64.3. The molecule has 0 saturated carbocycles. The Balaban J connectivity index is 4.59. The summed E-state index contributed by atoms with van der Waals surface area (Å²) in [6.07, 6.45) is 79.8. The second-order valence-corrected chi connectivity index (χ2v) is 17.4. The van der Waals surface area contributed by atoms with Crippen LogP contribution < -0.4 is 0 Å². The zero-order valence-corrected chi connectivity index (χ0v) is 44.0. The maximum atomic E-state index is 12.8. The maximum Gasteiger partial charge on any atom is 0.306 e. The lowest BCUT2D eigenvalue weighted by atomic mass is 10.1. The zero-order chi connectivity index (χ0) is 50.0. The Labute approximate surface area is 423 Å². The standard InChI is InChI=1S/C63H98O6/c1-4-7-10-13-16-19-22-25-28-30-31-33-35-38-41-44-47-50-53-56-62(65)68-59-60(58-67-61(64)55-52-49-46-43-40-37-34-27-24-21-18-15-12-9-6-3)69-63(66)57-54-51-48-45-42-39-36-32-29-26-23-20-17-14-11-8-5-2/h7-8,10-11,16-21,25-29,31,33-34,36,38-39,41,45,48,60H,4-6,9,12-15,22-24,30,32,35,37,40,42-44,46-47,49-59H2,1-3H3/b10-7-,11-8-,19-16-,20-17-,21-18-,28-25-,29-26-,33-31-,34-27-,39-36-,41-38-,48-45-/t60-/m0/s1. The Morgan fingerprint density at radius 1 is 0.304 bits per heavy atom. The lowest BCUT2D eigenvalue weighted by molar-refractivity contribution is -0.167. The van der Waals surface area contributed by atoms with Crippen LogP contribution in [0.2, 0.25) is 0 Å². The fourth-order valence-electron chi connectivity index (χ4n) is 6.77. The number of allylic oxidation sites excluding steroid dienone is 24. The van der Waals surface area contributed by atoms with Crippen LogP contribution in [0.15, 0.2) is 146 Å². The largest absolute Gasteiger partial charge is 0.462 e. The highest BCUT2D eigenvalue weighted by Crippen LogP contribution is 2.11. The van der Waals surface area contributed by atoms with E-state index in [2.05, 4.69) is 167 Å². The van der Waals surface area contributed by atoms with Gasteiger partial charge in [0.1, 0.15) is 13.2 Å². The third-order valence-corrected chi connectivity index (χ3v) is 10.8. The van der Waals surface area contributed by atoms with Crippen LogP contribution in [0.5, 0.6) is 0 Å². The Bertz CT molecular complexity index is 1560. The molecule has 0 rings (SSSR count). The van der Waals surface area contributed by atoms with Crippen LogP contribution in [0, 0.1) is 0 Å². The molecule has 6 heteroatoms. The van der Waals surface area contributed by atoms with Crippen LogP contribution in [-0.2, 0) is 28.6 Å². The van der Waals surface area contributed by atoms with Crippen molar-refractivity contribution in [2.24, 2.45) is 0 Å². The highest BCUT2D eigenvalue weighted by molar-refractivity contribution is 5.71. The molecule has 0 saturated heterocycles. The minimum Gasteiger partial charge on any atom is -0.462 e. The number of hydrogen-bond acceptors (Lipinski definition) is 6. The van der Waals surface area contributed by atoms with Crippen LogP contribution in [-0.4, -0.2) is 37.2 Å². The van der Waals surface area contributed by atoms with Gasteiger partial charge in [0.15, 0.2) is 6.10 Å². The number of carbonyl (C=O) groups excluding carboxylic acids is 3. The average Bonchev–Trinajstić information content (AvgIpc) is 3.35. The first-order valence-electron chi connectivity index (χ1n) is 27.3. The van der Waals surface area contributed by atoms with Crippen molar-refractivity contribution < 1.29 is 28.6 Å². The summed E-state index contributed by atoms with van der Waals surface area (Å²) >= 11 is 0. The van der Waals surface area contributed by atoms with Crippen LogP contribution in [0.3, 0.4) is 0 Å². The third-order valence-electron chi connectivity index (χ3n) is 10.8. The molecule has 0 N–H and O–H groups in total.